The zero-order valence-electron chi connectivity index (χ0n) is 12.1. The first kappa shape index (κ1) is 15.8. The number of aryl methyl sites for hydroxylation is 2. The molecule has 21 heavy (non-hydrogen) atoms. The molecule has 0 atom stereocenters. The second kappa shape index (κ2) is 6.03. The Balaban J connectivity index is 2.36. The second-order valence-electron chi connectivity index (χ2n) is 4.59. The lowest BCUT2D eigenvalue weighted by molar-refractivity contribution is 0.0601. The summed E-state index contributed by atoms with van der Waals surface area (Å²) < 4.78 is 7.32. The van der Waals surface area contributed by atoms with Crippen molar-refractivity contribution in [1.82, 2.24) is 4.57 Å². The number of methoxy groups -OCH3 is 1. The molecule has 112 valence electrons. The molecule has 1 amide bonds. The van der Waals surface area contributed by atoms with Gasteiger partial charge < -0.3 is 14.6 Å². The number of hydrogen-bond acceptors (Lipinski definition) is 4. The monoisotopic (exact) mass is 370 g/mol. The van der Waals surface area contributed by atoms with Gasteiger partial charge in [0.1, 0.15) is 10.7 Å². The van der Waals surface area contributed by atoms with Crippen LogP contribution in [0.4, 0.5) is 5.00 Å². The number of esters is 1. The van der Waals surface area contributed by atoms with Gasteiger partial charge in [-0.1, -0.05) is 0 Å². The first-order chi connectivity index (χ1) is 9.85. The molecule has 0 fully saturated rings. The highest BCUT2D eigenvalue weighted by Gasteiger charge is 2.22. The van der Waals surface area contributed by atoms with Crippen LogP contribution in [0.5, 0.6) is 0 Å². The number of amides is 1. The molecule has 0 saturated heterocycles. The highest BCUT2D eigenvalue weighted by Crippen LogP contribution is 2.33. The first-order valence-corrected chi connectivity index (χ1v) is 7.77. The van der Waals surface area contributed by atoms with Crippen LogP contribution >= 0.6 is 27.3 Å². The van der Waals surface area contributed by atoms with Crippen molar-refractivity contribution in [2.45, 2.75) is 13.8 Å². The zero-order valence-corrected chi connectivity index (χ0v) is 14.5. The highest BCUT2D eigenvalue weighted by atomic mass is 79.9. The molecule has 1 N–H and O–H groups in total. The highest BCUT2D eigenvalue weighted by molar-refractivity contribution is 9.10. The van der Waals surface area contributed by atoms with Gasteiger partial charge in [0.2, 0.25) is 0 Å². The smallest absolute Gasteiger partial charge is 0.341 e. The summed E-state index contributed by atoms with van der Waals surface area (Å²) in [5.74, 6) is -0.713. The maximum Gasteiger partial charge on any atom is 0.341 e. The summed E-state index contributed by atoms with van der Waals surface area (Å²) in [4.78, 5) is 25.2. The molecule has 0 aliphatic heterocycles. The summed E-state index contributed by atoms with van der Waals surface area (Å²) in [6.07, 6.45) is 1.79. The van der Waals surface area contributed by atoms with Crippen LogP contribution in [0.15, 0.2) is 16.7 Å². The van der Waals surface area contributed by atoms with Crippen LogP contribution < -0.4 is 5.32 Å². The standard InChI is InChI=1S/C14H15BrN2O3S/c1-7-8(2)21-13(11(7)14(19)20-4)16-12(18)10-5-9(15)6-17(10)3/h5-6H,1-4H3,(H,16,18). The Morgan fingerprint density at radius 1 is 1.38 bits per heavy atom. The van der Waals surface area contributed by atoms with Gasteiger partial charge in [0.05, 0.1) is 12.7 Å². The van der Waals surface area contributed by atoms with Crippen LogP contribution in [0.1, 0.15) is 31.3 Å². The fourth-order valence-corrected chi connectivity index (χ4v) is 3.55. The van der Waals surface area contributed by atoms with Gasteiger partial charge in [-0.15, -0.1) is 11.3 Å². The Hall–Kier alpha value is -1.60. The molecule has 0 saturated carbocycles. The zero-order chi connectivity index (χ0) is 15.7. The van der Waals surface area contributed by atoms with E-state index in [2.05, 4.69) is 21.2 Å². The molecule has 7 heteroatoms. The van der Waals surface area contributed by atoms with Crippen molar-refractivity contribution in [3.05, 3.63) is 38.4 Å². The third-order valence-corrected chi connectivity index (χ3v) is 4.76. The van der Waals surface area contributed by atoms with Crippen LogP contribution in [0.25, 0.3) is 0 Å². The predicted octanol–water partition coefficient (Wildman–Crippen LogP) is 3.50. The van der Waals surface area contributed by atoms with E-state index in [1.807, 2.05) is 13.8 Å². The van der Waals surface area contributed by atoms with Crippen LogP contribution in [-0.2, 0) is 11.8 Å². The lowest BCUT2D eigenvalue weighted by Gasteiger charge is -2.06. The maximum absolute atomic E-state index is 12.3. The molecule has 2 aromatic rings. The van der Waals surface area contributed by atoms with E-state index in [-0.39, 0.29) is 5.91 Å². The van der Waals surface area contributed by atoms with Crippen molar-refractivity contribution in [3.8, 4) is 0 Å². The summed E-state index contributed by atoms with van der Waals surface area (Å²) in [6.45, 7) is 3.74. The van der Waals surface area contributed by atoms with Gasteiger partial charge in [-0.05, 0) is 41.4 Å². The van der Waals surface area contributed by atoms with Gasteiger partial charge in [0.25, 0.3) is 5.91 Å². The molecule has 5 nitrogen and oxygen atoms in total. The number of ether oxygens (including phenoxy) is 1. The van der Waals surface area contributed by atoms with Crippen molar-refractivity contribution in [3.63, 3.8) is 0 Å². The minimum Gasteiger partial charge on any atom is -0.465 e. The topological polar surface area (TPSA) is 60.3 Å². The van der Waals surface area contributed by atoms with Crippen molar-refractivity contribution in [2.75, 3.05) is 12.4 Å². The molecule has 2 heterocycles. The van der Waals surface area contributed by atoms with E-state index in [4.69, 9.17) is 4.74 Å². The summed E-state index contributed by atoms with van der Waals surface area (Å²) in [7, 11) is 3.11. The van der Waals surface area contributed by atoms with E-state index in [1.165, 1.54) is 18.4 Å². The Labute approximate surface area is 135 Å². The van der Waals surface area contributed by atoms with Gasteiger partial charge in [-0.3, -0.25) is 4.79 Å². The van der Waals surface area contributed by atoms with Crippen molar-refractivity contribution < 1.29 is 14.3 Å². The van der Waals surface area contributed by atoms with Crippen molar-refractivity contribution >= 4 is 44.1 Å². The second-order valence-corrected chi connectivity index (χ2v) is 6.73. The summed E-state index contributed by atoms with van der Waals surface area (Å²) in [5, 5.41) is 3.31. The normalized spacial score (nSPS) is 10.5. The van der Waals surface area contributed by atoms with Crippen LogP contribution in [0, 0.1) is 13.8 Å². The Morgan fingerprint density at radius 2 is 2.05 bits per heavy atom. The molecule has 2 rings (SSSR count). The summed E-state index contributed by atoms with van der Waals surface area (Å²) in [5.41, 5.74) is 1.75. The molecule has 0 aliphatic carbocycles. The van der Waals surface area contributed by atoms with Crippen molar-refractivity contribution in [2.24, 2.45) is 7.05 Å². The molecule has 0 unspecified atom stereocenters. The van der Waals surface area contributed by atoms with E-state index in [9.17, 15) is 9.59 Å². The SMILES string of the molecule is COC(=O)c1c(NC(=O)c2cc(Br)cn2C)sc(C)c1C. The Morgan fingerprint density at radius 3 is 2.57 bits per heavy atom. The first-order valence-electron chi connectivity index (χ1n) is 6.16. The number of hydrogen-bond donors (Lipinski definition) is 1. The average molecular weight is 371 g/mol. The number of anilines is 1. The molecule has 0 aromatic carbocycles. The third kappa shape index (κ3) is 3.03. The third-order valence-electron chi connectivity index (χ3n) is 3.21. The van der Waals surface area contributed by atoms with Crippen LogP contribution in [0.2, 0.25) is 0 Å². The van der Waals surface area contributed by atoms with Crippen LogP contribution in [0.3, 0.4) is 0 Å². The van der Waals surface area contributed by atoms with E-state index >= 15 is 0 Å². The van der Waals surface area contributed by atoms with Gasteiger partial charge >= 0.3 is 5.97 Å². The predicted molar refractivity (Wildman–Crippen MR) is 86.2 cm³/mol. The largest absolute Gasteiger partial charge is 0.465 e. The van der Waals surface area contributed by atoms with E-state index in [1.54, 1.807) is 23.9 Å². The number of carbonyl (C=O) groups is 2. The minimum absolute atomic E-state index is 0.269. The maximum atomic E-state index is 12.3. The lowest BCUT2D eigenvalue weighted by atomic mass is 10.1. The number of nitrogens with zero attached hydrogens (tertiary/aromatic N) is 1. The number of nitrogens with one attached hydrogen (secondary N) is 1. The van der Waals surface area contributed by atoms with Gasteiger partial charge in [-0.2, -0.15) is 0 Å². The molecule has 0 bridgehead atoms. The number of carbonyl (C=O) groups excluding carboxylic acids is 2. The quantitative estimate of drug-likeness (QED) is 0.840. The number of halogens is 1. The fourth-order valence-electron chi connectivity index (χ4n) is 1.98. The molecule has 0 aliphatic rings. The van der Waals surface area contributed by atoms with Gasteiger partial charge in [-0.25, -0.2) is 4.79 Å². The lowest BCUT2D eigenvalue weighted by Crippen LogP contribution is -2.16. The average Bonchev–Trinajstić information content (AvgIpc) is 2.89. The Bertz CT molecular complexity index is 718. The van der Waals surface area contributed by atoms with E-state index in [0.29, 0.717) is 16.3 Å². The van der Waals surface area contributed by atoms with Crippen molar-refractivity contribution in [1.29, 1.82) is 0 Å². The van der Waals surface area contributed by atoms with E-state index in [0.717, 1.165) is 14.9 Å². The minimum atomic E-state index is -0.444. The molecule has 0 spiro atoms. The van der Waals surface area contributed by atoms with E-state index < -0.39 is 5.97 Å². The summed E-state index contributed by atoms with van der Waals surface area (Å²) in [6, 6.07) is 1.72. The molecular weight excluding hydrogens is 356 g/mol. The fraction of sp³-hybridized carbons (Fsp3) is 0.286. The van der Waals surface area contributed by atoms with Gasteiger partial charge in [0, 0.05) is 22.6 Å². The Kier molecular flexibility index (Phi) is 4.53. The summed E-state index contributed by atoms with van der Waals surface area (Å²) >= 11 is 4.70. The molecule has 0 radical (unpaired) electrons. The van der Waals surface area contributed by atoms with Crippen LogP contribution in [-0.4, -0.2) is 23.6 Å². The molecule has 2 aromatic heterocycles. The van der Waals surface area contributed by atoms with Gasteiger partial charge in [0.15, 0.2) is 0 Å². The molecular formula is C14H15BrN2O3S. The number of thiophene rings is 1. The number of rotatable bonds is 3. The number of aromatic nitrogens is 1.